The van der Waals surface area contributed by atoms with Crippen molar-refractivity contribution < 1.29 is 18.7 Å². The average molecular weight is 289 g/mol. The van der Waals surface area contributed by atoms with Crippen molar-refractivity contribution in [3.05, 3.63) is 53.4 Å². The number of aromatic carboxylic acids is 1. The topological polar surface area (TPSA) is 67.5 Å². The van der Waals surface area contributed by atoms with Crippen molar-refractivity contribution in [3.63, 3.8) is 0 Å². The number of hydrogen-bond acceptors (Lipinski definition) is 3. The molecule has 0 atom stereocenters. The van der Waals surface area contributed by atoms with Gasteiger partial charge in [-0.15, -0.1) is 0 Å². The van der Waals surface area contributed by atoms with Crippen molar-refractivity contribution >= 4 is 11.6 Å². The van der Waals surface area contributed by atoms with E-state index in [2.05, 4.69) is 10.1 Å². The maximum Gasteiger partial charge on any atom is 0.339 e. The van der Waals surface area contributed by atoms with Crippen molar-refractivity contribution in [2.24, 2.45) is 0 Å². The second-order valence-corrected chi connectivity index (χ2v) is 4.49. The van der Waals surface area contributed by atoms with E-state index >= 15 is 0 Å². The number of carbonyl (C=O) groups is 1. The van der Waals surface area contributed by atoms with Crippen LogP contribution in [0.3, 0.4) is 0 Å². The van der Waals surface area contributed by atoms with E-state index in [1.54, 1.807) is 6.92 Å². The highest BCUT2D eigenvalue weighted by molar-refractivity contribution is 5.88. The number of benzene rings is 1. The molecule has 0 amide bonds. The number of aromatic nitrogens is 3. The summed E-state index contributed by atoms with van der Waals surface area (Å²) in [6.45, 7) is 1.57. The smallest absolute Gasteiger partial charge is 0.339 e. The van der Waals surface area contributed by atoms with Gasteiger partial charge in [-0.2, -0.15) is 5.10 Å². The van der Waals surface area contributed by atoms with Gasteiger partial charge in [-0.25, -0.2) is 23.1 Å². The van der Waals surface area contributed by atoms with Gasteiger partial charge in [0, 0.05) is 17.8 Å². The van der Waals surface area contributed by atoms with E-state index in [0.29, 0.717) is 11.3 Å². The van der Waals surface area contributed by atoms with E-state index in [1.807, 2.05) is 0 Å². The lowest BCUT2D eigenvalue weighted by Gasteiger charge is -2.02. The number of carboxylic acid groups (broad SMARTS) is 1. The van der Waals surface area contributed by atoms with Gasteiger partial charge in [0.05, 0.1) is 17.0 Å². The van der Waals surface area contributed by atoms with Gasteiger partial charge in [0.15, 0.2) is 5.65 Å². The number of halogens is 2. The largest absolute Gasteiger partial charge is 0.478 e. The molecule has 2 aromatic heterocycles. The second kappa shape index (κ2) is 4.62. The highest BCUT2D eigenvalue weighted by Crippen LogP contribution is 2.24. The van der Waals surface area contributed by atoms with Crippen LogP contribution >= 0.6 is 0 Å². The molecule has 1 N–H and O–H groups in total. The van der Waals surface area contributed by atoms with Crippen LogP contribution in [0, 0.1) is 18.6 Å². The molecule has 0 unspecified atom stereocenters. The summed E-state index contributed by atoms with van der Waals surface area (Å²) < 4.78 is 28.3. The maximum atomic E-state index is 13.8. The molecule has 5 nitrogen and oxygen atoms in total. The lowest BCUT2D eigenvalue weighted by atomic mass is 10.1. The molecule has 0 spiro atoms. The summed E-state index contributed by atoms with van der Waals surface area (Å²) in [4.78, 5) is 15.0. The molecule has 3 aromatic rings. The fourth-order valence-electron chi connectivity index (χ4n) is 2.08. The molecule has 21 heavy (non-hydrogen) atoms. The molecule has 106 valence electrons. The molecule has 2 heterocycles. The van der Waals surface area contributed by atoms with Crippen LogP contribution in [0.25, 0.3) is 16.9 Å². The summed E-state index contributed by atoms with van der Waals surface area (Å²) in [5.74, 6) is -2.33. The Morgan fingerprint density at radius 1 is 1.29 bits per heavy atom. The summed E-state index contributed by atoms with van der Waals surface area (Å²) >= 11 is 0. The van der Waals surface area contributed by atoms with Gasteiger partial charge in [0.25, 0.3) is 0 Å². The van der Waals surface area contributed by atoms with Crippen molar-refractivity contribution in [3.8, 4) is 11.3 Å². The minimum atomic E-state index is -1.13. The highest BCUT2D eigenvalue weighted by Gasteiger charge is 2.16. The van der Waals surface area contributed by atoms with Crippen molar-refractivity contribution in [2.75, 3.05) is 0 Å². The summed E-state index contributed by atoms with van der Waals surface area (Å²) in [6, 6.07) is 4.53. The monoisotopic (exact) mass is 289 g/mol. The number of nitrogens with zero attached hydrogens (tertiary/aromatic N) is 3. The second-order valence-electron chi connectivity index (χ2n) is 4.49. The molecular weight excluding hydrogens is 280 g/mol. The minimum absolute atomic E-state index is 0.00290. The van der Waals surface area contributed by atoms with Crippen molar-refractivity contribution in [1.82, 2.24) is 14.6 Å². The van der Waals surface area contributed by atoms with E-state index in [1.165, 1.54) is 16.8 Å². The number of carboxylic acids is 1. The molecule has 0 aliphatic carbocycles. The molecule has 3 rings (SSSR count). The van der Waals surface area contributed by atoms with Gasteiger partial charge in [0.2, 0.25) is 0 Å². The third kappa shape index (κ3) is 2.12. The quantitative estimate of drug-likeness (QED) is 0.787. The standard InChI is InChI=1S/C14H9F2N3O2/c1-7-10(14(20)21)6-17-13-5-12(18-19(7)13)9-4-8(15)2-3-11(9)16/h2-6H,1H3,(H,20,21). The van der Waals surface area contributed by atoms with Gasteiger partial charge in [-0.1, -0.05) is 0 Å². The van der Waals surface area contributed by atoms with E-state index in [9.17, 15) is 13.6 Å². The Morgan fingerprint density at radius 3 is 2.76 bits per heavy atom. The first-order chi connectivity index (χ1) is 9.97. The lowest BCUT2D eigenvalue weighted by molar-refractivity contribution is 0.0695. The molecule has 7 heteroatoms. The zero-order valence-electron chi connectivity index (χ0n) is 10.8. The number of fused-ring (bicyclic) bond motifs is 1. The number of hydrogen-bond donors (Lipinski definition) is 1. The average Bonchev–Trinajstić information content (AvgIpc) is 2.86. The Labute approximate surface area is 117 Å². The molecule has 0 saturated heterocycles. The summed E-state index contributed by atoms with van der Waals surface area (Å²) in [6.07, 6.45) is 1.21. The molecule has 0 aliphatic rings. The SMILES string of the molecule is Cc1c(C(=O)O)cnc2cc(-c3cc(F)ccc3F)nn12. The summed E-state index contributed by atoms with van der Waals surface area (Å²) in [5.41, 5.74) is 0.894. The van der Waals surface area contributed by atoms with Crippen LogP contribution in [0.5, 0.6) is 0 Å². The first-order valence-corrected chi connectivity index (χ1v) is 6.01. The highest BCUT2D eigenvalue weighted by atomic mass is 19.1. The summed E-state index contributed by atoms with van der Waals surface area (Å²) in [7, 11) is 0. The van der Waals surface area contributed by atoms with E-state index in [4.69, 9.17) is 5.11 Å². The Hall–Kier alpha value is -2.83. The predicted octanol–water partition coefficient (Wildman–Crippen LogP) is 2.68. The minimum Gasteiger partial charge on any atom is -0.478 e. The van der Waals surface area contributed by atoms with E-state index in [0.717, 1.165) is 18.2 Å². The van der Waals surface area contributed by atoms with Gasteiger partial charge in [-0.05, 0) is 25.1 Å². The molecule has 0 radical (unpaired) electrons. The molecule has 0 saturated carbocycles. The van der Waals surface area contributed by atoms with E-state index in [-0.39, 0.29) is 16.8 Å². The molecule has 0 aliphatic heterocycles. The zero-order valence-corrected chi connectivity index (χ0v) is 10.8. The Kier molecular flexibility index (Phi) is 2.90. The Balaban J connectivity index is 2.24. The van der Waals surface area contributed by atoms with Crippen molar-refractivity contribution in [2.45, 2.75) is 6.92 Å². The van der Waals surface area contributed by atoms with Gasteiger partial charge >= 0.3 is 5.97 Å². The number of aryl methyl sites for hydroxylation is 1. The van der Waals surface area contributed by atoms with Gasteiger partial charge in [0.1, 0.15) is 11.6 Å². The third-order valence-corrected chi connectivity index (χ3v) is 3.16. The molecule has 0 fully saturated rings. The zero-order chi connectivity index (χ0) is 15.1. The lowest BCUT2D eigenvalue weighted by Crippen LogP contribution is -2.06. The molecule has 0 bridgehead atoms. The predicted molar refractivity (Wildman–Crippen MR) is 70.0 cm³/mol. The van der Waals surface area contributed by atoms with Crippen LogP contribution in [0.4, 0.5) is 8.78 Å². The maximum absolute atomic E-state index is 13.8. The van der Waals surface area contributed by atoms with Crippen LogP contribution in [0.15, 0.2) is 30.5 Å². The fourth-order valence-corrected chi connectivity index (χ4v) is 2.08. The first-order valence-electron chi connectivity index (χ1n) is 6.01. The Bertz CT molecular complexity index is 874. The van der Waals surface area contributed by atoms with Crippen LogP contribution in [0.2, 0.25) is 0 Å². The fraction of sp³-hybridized carbons (Fsp3) is 0.0714. The van der Waals surface area contributed by atoms with Gasteiger partial charge < -0.3 is 5.11 Å². The van der Waals surface area contributed by atoms with Crippen LogP contribution in [-0.4, -0.2) is 25.7 Å². The first kappa shape index (κ1) is 13.2. The molecule has 1 aromatic carbocycles. The normalized spacial score (nSPS) is 11.0. The van der Waals surface area contributed by atoms with Crippen LogP contribution in [-0.2, 0) is 0 Å². The molecular formula is C14H9F2N3O2. The third-order valence-electron chi connectivity index (χ3n) is 3.16. The van der Waals surface area contributed by atoms with Crippen LogP contribution < -0.4 is 0 Å². The van der Waals surface area contributed by atoms with Crippen molar-refractivity contribution in [1.29, 1.82) is 0 Å². The summed E-state index contributed by atoms with van der Waals surface area (Å²) in [5, 5.41) is 13.2. The van der Waals surface area contributed by atoms with E-state index < -0.39 is 17.6 Å². The number of rotatable bonds is 2. The van der Waals surface area contributed by atoms with Crippen LogP contribution in [0.1, 0.15) is 16.1 Å². The Morgan fingerprint density at radius 2 is 2.05 bits per heavy atom. The van der Waals surface area contributed by atoms with Gasteiger partial charge in [-0.3, -0.25) is 0 Å².